The summed E-state index contributed by atoms with van der Waals surface area (Å²) in [5.74, 6) is -0.298. The van der Waals surface area contributed by atoms with E-state index in [9.17, 15) is 14.9 Å². The summed E-state index contributed by atoms with van der Waals surface area (Å²) in [6.07, 6.45) is 1.27. The molecule has 154 valence electrons. The minimum Gasteiger partial charge on any atom is -0.465 e. The summed E-state index contributed by atoms with van der Waals surface area (Å²) in [6, 6.07) is 16.3. The smallest absolute Gasteiger partial charge is 0.353 e. The van der Waals surface area contributed by atoms with E-state index in [0.29, 0.717) is 12.2 Å². The number of hydrogen-bond acceptors (Lipinski definition) is 8. The number of aromatic nitrogens is 2. The van der Waals surface area contributed by atoms with E-state index >= 15 is 0 Å². The highest BCUT2D eigenvalue weighted by molar-refractivity contribution is 5.97. The van der Waals surface area contributed by atoms with E-state index < -0.39 is 10.9 Å². The van der Waals surface area contributed by atoms with Crippen LogP contribution >= 0.6 is 0 Å². The molecule has 30 heavy (non-hydrogen) atoms. The molecule has 0 amide bonds. The highest BCUT2D eigenvalue weighted by atomic mass is 16.6. The molecule has 1 heterocycles. The molecule has 2 aromatic carbocycles. The van der Waals surface area contributed by atoms with Crippen LogP contribution in [0.2, 0.25) is 0 Å². The number of rotatable bonds is 7. The molecule has 0 spiro atoms. The molecule has 1 aromatic heterocycles. The molecule has 0 bridgehead atoms. The largest absolute Gasteiger partial charge is 0.465 e. The van der Waals surface area contributed by atoms with Crippen molar-refractivity contribution in [3.8, 4) is 0 Å². The number of methoxy groups -OCH3 is 1. The number of hydrogen-bond donors (Lipinski definition) is 0. The Bertz CT molecular complexity index is 1060. The summed E-state index contributed by atoms with van der Waals surface area (Å²) in [4.78, 5) is 35.1. The summed E-state index contributed by atoms with van der Waals surface area (Å²) >= 11 is 0. The second-order valence-corrected chi connectivity index (χ2v) is 6.54. The van der Waals surface area contributed by atoms with Gasteiger partial charge >= 0.3 is 11.7 Å². The van der Waals surface area contributed by atoms with E-state index in [1.807, 2.05) is 30.3 Å². The zero-order chi connectivity index (χ0) is 21.7. The van der Waals surface area contributed by atoms with Gasteiger partial charge in [-0.15, -0.1) is 0 Å². The number of esters is 1. The molecule has 0 fully saturated rings. The normalized spacial score (nSPS) is 10.4. The number of carbonyl (C=O) groups is 1. The van der Waals surface area contributed by atoms with Gasteiger partial charge in [-0.1, -0.05) is 42.5 Å². The number of benzene rings is 2. The van der Waals surface area contributed by atoms with Gasteiger partial charge in [-0.3, -0.25) is 10.1 Å². The van der Waals surface area contributed by atoms with Gasteiger partial charge in [0.25, 0.3) is 0 Å². The van der Waals surface area contributed by atoms with Gasteiger partial charge in [0.2, 0.25) is 11.6 Å². The Kier molecular flexibility index (Phi) is 6.21. The van der Waals surface area contributed by atoms with Crippen molar-refractivity contribution in [1.82, 2.24) is 9.97 Å². The lowest BCUT2D eigenvalue weighted by Gasteiger charge is -2.23. The Morgan fingerprint density at radius 3 is 2.33 bits per heavy atom. The lowest BCUT2D eigenvalue weighted by atomic mass is 10.1. The Labute approximate surface area is 173 Å². The lowest BCUT2D eigenvalue weighted by molar-refractivity contribution is -0.383. The maximum Gasteiger partial charge on any atom is 0.353 e. The maximum absolute atomic E-state index is 12.1. The van der Waals surface area contributed by atoms with Crippen molar-refractivity contribution in [2.45, 2.75) is 6.54 Å². The lowest BCUT2D eigenvalue weighted by Crippen LogP contribution is -2.22. The molecule has 0 aliphatic heterocycles. The number of anilines is 3. The third kappa shape index (κ3) is 4.19. The molecular weight excluding hydrogens is 386 g/mol. The third-order valence-electron chi connectivity index (χ3n) is 4.58. The maximum atomic E-state index is 12.1. The summed E-state index contributed by atoms with van der Waals surface area (Å²) in [5.41, 5.74) is 1.44. The van der Waals surface area contributed by atoms with Gasteiger partial charge in [0.1, 0.15) is 6.33 Å². The van der Waals surface area contributed by atoms with Gasteiger partial charge in [-0.25, -0.2) is 14.8 Å². The molecular formula is C21H21N5O4. The number of nitro groups is 1. The van der Waals surface area contributed by atoms with Crippen molar-refractivity contribution in [2.75, 3.05) is 31.0 Å². The standard InChI is InChI=1S/C21H21N5O4/c1-24(13-15-9-5-4-6-10-15)19-18(26(28)29)20(23-14-22-19)25(2)17-12-8-7-11-16(17)21(27)30-3/h4-12,14H,13H2,1-3H3. The molecule has 0 saturated carbocycles. The number of nitrogens with zero attached hydrogens (tertiary/aromatic N) is 5. The highest BCUT2D eigenvalue weighted by Gasteiger charge is 2.29. The molecule has 3 rings (SSSR count). The fourth-order valence-electron chi connectivity index (χ4n) is 3.14. The quantitative estimate of drug-likeness (QED) is 0.333. The SMILES string of the molecule is COC(=O)c1ccccc1N(C)c1ncnc(N(C)Cc2ccccc2)c1[N+](=O)[O-]. The van der Waals surface area contributed by atoms with Crippen molar-refractivity contribution in [2.24, 2.45) is 0 Å². The Balaban J connectivity index is 2.05. The Morgan fingerprint density at radius 2 is 1.67 bits per heavy atom. The average molecular weight is 407 g/mol. The van der Waals surface area contributed by atoms with Gasteiger partial charge in [0.05, 0.1) is 23.3 Å². The minimum absolute atomic E-state index is 0.0706. The molecule has 0 radical (unpaired) electrons. The predicted octanol–water partition coefficient (Wildman–Crippen LogP) is 3.58. The van der Waals surface area contributed by atoms with E-state index in [2.05, 4.69) is 9.97 Å². The first-order valence-electron chi connectivity index (χ1n) is 9.09. The number of carbonyl (C=O) groups excluding carboxylic acids is 1. The van der Waals surface area contributed by atoms with Crippen LogP contribution < -0.4 is 9.80 Å². The van der Waals surface area contributed by atoms with Gasteiger partial charge < -0.3 is 14.5 Å². The van der Waals surface area contributed by atoms with Gasteiger partial charge in [0, 0.05) is 20.6 Å². The molecule has 9 nitrogen and oxygen atoms in total. The molecule has 3 aromatic rings. The summed E-state index contributed by atoms with van der Waals surface area (Å²) in [6.45, 7) is 0.431. The first-order chi connectivity index (χ1) is 14.4. The first-order valence-corrected chi connectivity index (χ1v) is 9.09. The fourth-order valence-corrected chi connectivity index (χ4v) is 3.14. The first kappa shape index (κ1) is 20.7. The third-order valence-corrected chi connectivity index (χ3v) is 4.58. The van der Waals surface area contributed by atoms with Crippen LogP contribution in [0.5, 0.6) is 0 Å². The minimum atomic E-state index is -0.546. The van der Waals surface area contributed by atoms with E-state index in [-0.39, 0.29) is 22.9 Å². The zero-order valence-electron chi connectivity index (χ0n) is 16.8. The van der Waals surface area contributed by atoms with Crippen LogP contribution in [-0.4, -0.2) is 42.1 Å². The fraction of sp³-hybridized carbons (Fsp3) is 0.190. The summed E-state index contributed by atoms with van der Waals surface area (Å²) in [5, 5.41) is 12.0. The molecule has 9 heteroatoms. The molecule has 0 aliphatic rings. The second kappa shape index (κ2) is 8.99. The molecule has 0 aliphatic carbocycles. The number of ether oxygens (including phenoxy) is 1. The van der Waals surface area contributed by atoms with Gasteiger partial charge in [-0.2, -0.15) is 0 Å². The van der Waals surface area contributed by atoms with Crippen molar-refractivity contribution in [1.29, 1.82) is 0 Å². The summed E-state index contributed by atoms with van der Waals surface area (Å²) in [7, 11) is 4.62. The van der Waals surface area contributed by atoms with Crippen LogP contribution in [0.25, 0.3) is 0 Å². The molecule has 0 N–H and O–H groups in total. The van der Waals surface area contributed by atoms with Crippen molar-refractivity contribution < 1.29 is 14.5 Å². The van der Waals surface area contributed by atoms with Crippen molar-refractivity contribution in [3.05, 3.63) is 82.2 Å². The Morgan fingerprint density at radius 1 is 1.03 bits per heavy atom. The van der Waals surface area contributed by atoms with E-state index in [4.69, 9.17) is 4.74 Å². The molecule has 0 unspecified atom stereocenters. The Hall–Kier alpha value is -4.01. The second-order valence-electron chi connectivity index (χ2n) is 6.54. The van der Waals surface area contributed by atoms with E-state index in [1.54, 1.807) is 43.3 Å². The summed E-state index contributed by atoms with van der Waals surface area (Å²) < 4.78 is 4.83. The average Bonchev–Trinajstić information content (AvgIpc) is 2.78. The zero-order valence-corrected chi connectivity index (χ0v) is 16.8. The molecule has 0 atom stereocenters. The van der Waals surface area contributed by atoms with Crippen LogP contribution in [0, 0.1) is 10.1 Å². The van der Waals surface area contributed by atoms with Crippen LogP contribution in [0.1, 0.15) is 15.9 Å². The van der Waals surface area contributed by atoms with Crippen molar-refractivity contribution >= 4 is 29.0 Å². The van der Waals surface area contributed by atoms with Crippen LogP contribution in [0.3, 0.4) is 0 Å². The van der Waals surface area contributed by atoms with Crippen LogP contribution in [0.15, 0.2) is 60.9 Å². The monoisotopic (exact) mass is 407 g/mol. The number of para-hydroxylation sites is 1. The van der Waals surface area contributed by atoms with Gasteiger partial charge in [-0.05, 0) is 17.7 Å². The topological polar surface area (TPSA) is 102 Å². The van der Waals surface area contributed by atoms with Crippen LogP contribution in [0.4, 0.5) is 23.0 Å². The van der Waals surface area contributed by atoms with Crippen LogP contribution in [-0.2, 0) is 11.3 Å². The van der Waals surface area contributed by atoms with E-state index in [0.717, 1.165) is 5.56 Å². The predicted molar refractivity (Wildman–Crippen MR) is 113 cm³/mol. The molecule has 0 saturated heterocycles. The highest BCUT2D eigenvalue weighted by Crippen LogP contribution is 2.37. The van der Waals surface area contributed by atoms with Crippen molar-refractivity contribution in [3.63, 3.8) is 0 Å². The van der Waals surface area contributed by atoms with Gasteiger partial charge in [0.15, 0.2) is 0 Å². The van der Waals surface area contributed by atoms with E-state index in [1.165, 1.54) is 18.3 Å².